The summed E-state index contributed by atoms with van der Waals surface area (Å²) in [7, 11) is 0. The molecule has 0 spiro atoms. The molecular weight excluding hydrogens is 253 g/mol. The average molecular weight is 275 g/mol. The Bertz CT molecular complexity index is 475. The monoisotopic (exact) mass is 275 g/mol. The van der Waals surface area contributed by atoms with Gasteiger partial charge in [0.05, 0.1) is 5.56 Å². The zero-order valence-electron chi connectivity index (χ0n) is 12.0. The Morgan fingerprint density at radius 2 is 2.35 bits per heavy atom. The molecule has 1 fully saturated rings. The summed E-state index contributed by atoms with van der Waals surface area (Å²) in [6.45, 7) is 5.74. The molecule has 2 rings (SSSR count). The van der Waals surface area contributed by atoms with Gasteiger partial charge in [-0.25, -0.2) is 4.39 Å². The van der Waals surface area contributed by atoms with Crippen molar-refractivity contribution in [2.24, 2.45) is 0 Å². The summed E-state index contributed by atoms with van der Waals surface area (Å²) in [6.07, 6.45) is 3.38. The maximum atomic E-state index is 14.2. The lowest BCUT2D eigenvalue weighted by Crippen LogP contribution is -2.46. The van der Waals surface area contributed by atoms with E-state index >= 15 is 0 Å². The van der Waals surface area contributed by atoms with Crippen molar-refractivity contribution in [3.05, 3.63) is 35.1 Å². The average Bonchev–Trinajstić information content (AvgIpc) is 2.49. The molecule has 1 heterocycles. The van der Waals surface area contributed by atoms with Crippen LogP contribution in [0.4, 0.5) is 4.39 Å². The van der Waals surface area contributed by atoms with Crippen LogP contribution in [-0.4, -0.2) is 30.6 Å². The van der Waals surface area contributed by atoms with Gasteiger partial charge in [0.25, 0.3) is 0 Å². The summed E-state index contributed by atoms with van der Waals surface area (Å²) in [6, 6.07) is 7.46. The van der Waals surface area contributed by atoms with E-state index in [1.54, 1.807) is 12.1 Å². The molecule has 0 saturated carbocycles. The summed E-state index contributed by atoms with van der Waals surface area (Å²) >= 11 is 0. The van der Waals surface area contributed by atoms with Gasteiger partial charge in [0.2, 0.25) is 0 Å². The third kappa shape index (κ3) is 3.56. The zero-order valence-corrected chi connectivity index (χ0v) is 12.0. The summed E-state index contributed by atoms with van der Waals surface area (Å²) in [5, 5.41) is 12.3. The third-order valence-electron chi connectivity index (χ3n) is 3.87. The molecule has 0 amide bonds. The predicted octanol–water partition coefficient (Wildman–Crippen LogP) is 2.66. The molecule has 4 heteroatoms. The van der Waals surface area contributed by atoms with Crippen LogP contribution in [0.3, 0.4) is 0 Å². The van der Waals surface area contributed by atoms with Crippen LogP contribution in [-0.2, 0) is 6.54 Å². The minimum Gasteiger partial charge on any atom is -0.315 e. The third-order valence-corrected chi connectivity index (χ3v) is 3.87. The van der Waals surface area contributed by atoms with E-state index in [0.29, 0.717) is 18.2 Å². The van der Waals surface area contributed by atoms with E-state index in [1.807, 2.05) is 6.07 Å². The van der Waals surface area contributed by atoms with Crippen LogP contribution < -0.4 is 5.32 Å². The number of nitrogens with zero attached hydrogens (tertiary/aromatic N) is 2. The first-order valence-corrected chi connectivity index (χ1v) is 7.38. The first-order valence-electron chi connectivity index (χ1n) is 7.38. The fourth-order valence-corrected chi connectivity index (χ4v) is 2.83. The van der Waals surface area contributed by atoms with E-state index in [-0.39, 0.29) is 11.4 Å². The second-order valence-corrected chi connectivity index (χ2v) is 5.36. The molecule has 3 nitrogen and oxygen atoms in total. The summed E-state index contributed by atoms with van der Waals surface area (Å²) in [5.74, 6) is -0.361. The number of halogens is 1. The molecule has 0 bridgehead atoms. The molecule has 0 aromatic heterocycles. The lowest BCUT2D eigenvalue weighted by Gasteiger charge is -2.34. The van der Waals surface area contributed by atoms with Gasteiger partial charge in [0, 0.05) is 24.7 Å². The maximum Gasteiger partial charge on any atom is 0.145 e. The number of nitrogens with one attached hydrogen (secondary N) is 1. The molecule has 1 aliphatic heterocycles. The molecule has 1 saturated heterocycles. The van der Waals surface area contributed by atoms with Crippen LogP contribution in [0.5, 0.6) is 0 Å². The van der Waals surface area contributed by atoms with Crippen LogP contribution in [0.1, 0.15) is 37.3 Å². The predicted molar refractivity (Wildman–Crippen MR) is 77.7 cm³/mol. The van der Waals surface area contributed by atoms with Crippen LogP contribution in [0.15, 0.2) is 18.2 Å². The quantitative estimate of drug-likeness (QED) is 0.898. The largest absolute Gasteiger partial charge is 0.315 e. The van der Waals surface area contributed by atoms with E-state index in [9.17, 15) is 4.39 Å². The Morgan fingerprint density at radius 3 is 3.00 bits per heavy atom. The Labute approximate surface area is 120 Å². The van der Waals surface area contributed by atoms with Crippen LogP contribution in [0.2, 0.25) is 0 Å². The van der Waals surface area contributed by atoms with Crippen molar-refractivity contribution < 1.29 is 4.39 Å². The van der Waals surface area contributed by atoms with Crippen molar-refractivity contribution in [1.82, 2.24) is 10.2 Å². The molecule has 108 valence electrons. The van der Waals surface area contributed by atoms with Crippen molar-refractivity contribution in [3.63, 3.8) is 0 Å². The summed E-state index contributed by atoms with van der Waals surface area (Å²) in [5.41, 5.74) is 0.767. The summed E-state index contributed by atoms with van der Waals surface area (Å²) in [4.78, 5) is 2.34. The van der Waals surface area contributed by atoms with Crippen molar-refractivity contribution >= 4 is 0 Å². The Kier molecular flexibility index (Phi) is 5.51. The first-order chi connectivity index (χ1) is 9.76. The highest BCUT2D eigenvalue weighted by Gasteiger charge is 2.21. The van der Waals surface area contributed by atoms with Crippen LogP contribution in [0, 0.1) is 17.1 Å². The van der Waals surface area contributed by atoms with Gasteiger partial charge in [-0.3, -0.25) is 4.90 Å². The van der Waals surface area contributed by atoms with Crippen molar-refractivity contribution in [3.8, 4) is 6.07 Å². The Balaban J connectivity index is 2.13. The fraction of sp³-hybridized carbons (Fsp3) is 0.562. The molecule has 1 aliphatic rings. The number of nitriles is 1. The molecular formula is C16H22FN3. The summed E-state index contributed by atoms with van der Waals surface area (Å²) < 4.78 is 14.2. The van der Waals surface area contributed by atoms with Gasteiger partial charge in [-0.05, 0) is 38.4 Å². The van der Waals surface area contributed by atoms with Crippen molar-refractivity contribution in [2.45, 2.75) is 38.8 Å². The molecule has 20 heavy (non-hydrogen) atoms. The molecule has 1 N–H and O–H groups in total. The van der Waals surface area contributed by atoms with Crippen LogP contribution in [0.25, 0.3) is 0 Å². The minimum atomic E-state index is -0.361. The van der Waals surface area contributed by atoms with E-state index in [2.05, 4.69) is 17.1 Å². The smallest absolute Gasteiger partial charge is 0.145 e. The number of hydrogen-bond donors (Lipinski definition) is 1. The van der Waals surface area contributed by atoms with Gasteiger partial charge in [0.15, 0.2) is 0 Å². The van der Waals surface area contributed by atoms with Gasteiger partial charge >= 0.3 is 0 Å². The topological polar surface area (TPSA) is 39.1 Å². The highest BCUT2D eigenvalue weighted by atomic mass is 19.1. The highest BCUT2D eigenvalue weighted by Crippen LogP contribution is 2.18. The standard InChI is InChI=1S/C16H22FN3/c1-2-9-20(15-7-4-8-19-11-15)12-14-6-3-5-13(10-18)16(14)17/h3,5-6,15,19H,2,4,7-9,11-12H2,1H3. The number of piperidine rings is 1. The molecule has 0 radical (unpaired) electrons. The van der Waals surface area contributed by atoms with Gasteiger partial charge in [-0.15, -0.1) is 0 Å². The number of rotatable bonds is 5. The van der Waals surface area contributed by atoms with E-state index in [0.717, 1.165) is 32.5 Å². The van der Waals surface area contributed by atoms with Gasteiger partial charge < -0.3 is 5.32 Å². The van der Waals surface area contributed by atoms with Gasteiger partial charge in [-0.1, -0.05) is 19.1 Å². The second kappa shape index (κ2) is 7.37. The molecule has 0 aliphatic carbocycles. The number of benzene rings is 1. The highest BCUT2D eigenvalue weighted by molar-refractivity contribution is 5.34. The fourth-order valence-electron chi connectivity index (χ4n) is 2.83. The minimum absolute atomic E-state index is 0.140. The second-order valence-electron chi connectivity index (χ2n) is 5.36. The molecule has 1 atom stereocenters. The molecule has 1 aromatic rings. The zero-order chi connectivity index (χ0) is 14.4. The lowest BCUT2D eigenvalue weighted by molar-refractivity contribution is 0.156. The molecule has 1 unspecified atom stereocenters. The Hall–Kier alpha value is -1.44. The molecule has 1 aromatic carbocycles. The first kappa shape index (κ1) is 15.0. The maximum absolute atomic E-state index is 14.2. The van der Waals surface area contributed by atoms with Gasteiger partial charge in [0.1, 0.15) is 11.9 Å². The van der Waals surface area contributed by atoms with E-state index in [1.165, 1.54) is 12.5 Å². The number of hydrogen-bond acceptors (Lipinski definition) is 3. The SMILES string of the molecule is CCCN(Cc1cccc(C#N)c1F)C1CCCNC1. The van der Waals surface area contributed by atoms with Crippen molar-refractivity contribution in [2.75, 3.05) is 19.6 Å². The van der Waals surface area contributed by atoms with Gasteiger partial charge in [-0.2, -0.15) is 5.26 Å². The lowest BCUT2D eigenvalue weighted by atomic mass is 10.0. The normalized spacial score (nSPS) is 19.0. The van der Waals surface area contributed by atoms with E-state index < -0.39 is 0 Å². The Morgan fingerprint density at radius 1 is 1.50 bits per heavy atom. The van der Waals surface area contributed by atoms with Crippen molar-refractivity contribution in [1.29, 1.82) is 5.26 Å². The van der Waals surface area contributed by atoms with Crippen LogP contribution >= 0.6 is 0 Å². The van der Waals surface area contributed by atoms with E-state index in [4.69, 9.17) is 5.26 Å².